The molecule has 2 heterocycles. The molecule has 0 bridgehead atoms. The van der Waals surface area contributed by atoms with Gasteiger partial charge in [-0.05, 0) is 43.2 Å². The second kappa shape index (κ2) is 8.07. The van der Waals surface area contributed by atoms with Gasteiger partial charge in [-0.3, -0.25) is 4.79 Å². The van der Waals surface area contributed by atoms with Crippen molar-refractivity contribution >= 4 is 29.1 Å². The largest absolute Gasteiger partial charge is 0.353 e. The Morgan fingerprint density at radius 1 is 1.00 bits per heavy atom. The van der Waals surface area contributed by atoms with Crippen molar-refractivity contribution in [3.05, 3.63) is 47.7 Å². The van der Waals surface area contributed by atoms with Crippen LogP contribution in [-0.2, 0) is 4.79 Å². The Labute approximate surface area is 159 Å². The lowest BCUT2D eigenvalue weighted by Gasteiger charge is -2.34. The van der Waals surface area contributed by atoms with Gasteiger partial charge in [0.15, 0.2) is 0 Å². The van der Waals surface area contributed by atoms with Gasteiger partial charge in [-0.25, -0.2) is 9.78 Å². The second-order valence-corrected chi connectivity index (χ2v) is 6.80. The number of nitrogens with one attached hydrogen (secondary N) is 2. The standard InChI is InChI=1S/C20H25N5O2/c1-14-4-5-15(2)18(12-14)23-20(27)22-17-6-7-19(21-13-17)25-10-8-24(9-11-25)16(3)26/h4-7,12-13H,8-11H2,1-3H3,(H2,22,23,27). The maximum absolute atomic E-state index is 12.2. The first-order chi connectivity index (χ1) is 12.9. The minimum atomic E-state index is -0.298. The summed E-state index contributed by atoms with van der Waals surface area (Å²) in [5.41, 5.74) is 3.52. The minimum absolute atomic E-state index is 0.108. The number of carbonyl (C=O) groups excluding carboxylic acids is 2. The molecule has 7 heteroatoms. The van der Waals surface area contributed by atoms with Gasteiger partial charge in [0.2, 0.25) is 5.91 Å². The minimum Gasteiger partial charge on any atom is -0.353 e. The molecular formula is C20H25N5O2. The molecule has 0 radical (unpaired) electrons. The van der Waals surface area contributed by atoms with E-state index in [0.29, 0.717) is 18.8 Å². The first-order valence-electron chi connectivity index (χ1n) is 9.04. The molecule has 3 rings (SSSR count). The highest BCUT2D eigenvalue weighted by molar-refractivity contribution is 6.00. The van der Waals surface area contributed by atoms with Crippen LogP contribution in [0.5, 0.6) is 0 Å². The summed E-state index contributed by atoms with van der Waals surface area (Å²) in [6.07, 6.45) is 1.65. The van der Waals surface area contributed by atoms with Gasteiger partial charge in [0, 0.05) is 38.8 Å². The van der Waals surface area contributed by atoms with E-state index in [4.69, 9.17) is 0 Å². The van der Waals surface area contributed by atoms with E-state index in [-0.39, 0.29) is 11.9 Å². The van der Waals surface area contributed by atoms with Crippen LogP contribution in [0.1, 0.15) is 18.1 Å². The zero-order valence-corrected chi connectivity index (χ0v) is 16.0. The topological polar surface area (TPSA) is 77.6 Å². The molecule has 0 atom stereocenters. The number of piperazine rings is 1. The molecule has 0 aliphatic carbocycles. The average Bonchev–Trinajstić information content (AvgIpc) is 2.65. The summed E-state index contributed by atoms with van der Waals surface area (Å²) in [5.74, 6) is 0.954. The molecule has 1 aromatic carbocycles. The summed E-state index contributed by atoms with van der Waals surface area (Å²) in [6.45, 7) is 8.46. The van der Waals surface area contributed by atoms with Crippen molar-refractivity contribution in [2.45, 2.75) is 20.8 Å². The highest BCUT2D eigenvalue weighted by Gasteiger charge is 2.19. The van der Waals surface area contributed by atoms with Crippen molar-refractivity contribution < 1.29 is 9.59 Å². The van der Waals surface area contributed by atoms with Gasteiger partial charge < -0.3 is 20.4 Å². The Kier molecular flexibility index (Phi) is 5.59. The first kappa shape index (κ1) is 18.7. The maximum atomic E-state index is 12.2. The van der Waals surface area contributed by atoms with E-state index < -0.39 is 0 Å². The van der Waals surface area contributed by atoms with Crippen LogP contribution in [0.4, 0.5) is 22.0 Å². The van der Waals surface area contributed by atoms with Crippen molar-refractivity contribution in [2.24, 2.45) is 0 Å². The lowest BCUT2D eigenvalue weighted by Crippen LogP contribution is -2.48. The van der Waals surface area contributed by atoms with E-state index in [1.54, 1.807) is 13.1 Å². The molecule has 1 aliphatic heterocycles. The van der Waals surface area contributed by atoms with Gasteiger partial charge in [0.1, 0.15) is 5.82 Å². The quantitative estimate of drug-likeness (QED) is 0.874. The third-order valence-corrected chi connectivity index (χ3v) is 4.70. The van der Waals surface area contributed by atoms with Crippen molar-refractivity contribution in [3.8, 4) is 0 Å². The van der Waals surface area contributed by atoms with E-state index in [1.807, 2.05) is 49.1 Å². The maximum Gasteiger partial charge on any atom is 0.323 e. The summed E-state index contributed by atoms with van der Waals surface area (Å²) in [6, 6.07) is 9.36. The van der Waals surface area contributed by atoms with Crippen LogP contribution >= 0.6 is 0 Å². The molecule has 7 nitrogen and oxygen atoms in total. The number of hydrogen-bond acceptors (Lipinski definition) is 4. The van der Waals surface area contributed by atoms with E-state index in [1.165, 1.54) is 0 Å². The summed E-state index contributed by atoms with van der Waals surface area (Å²) < 4.78 is 0. The predicted octanol–water partition coefficient (Wildman–Crippen LogP) is 3.01. The lowest BCUT2D eigenvalue weighted by atomic mass is 10.1. The Morgan fingerprint density at radius 3 is 2.37 bits per heavy atom. The monoisotopic (exact) mass is 367 g/mol. The molecule has 1 fully saturated rings. The smallest absolute Gasteiger partial charge is 0.323 e. The fourth-order valence-corrected chi connectivity index (χ4v) is 3.05. The van der Waals surface area contributed by atoms with Crippen LogP contribution in [0.15, 0.2) is 36.5 Å². The third-order valence-electron chi connectivity index (χ3n) is 4.70. The number of urea groups is 1. The molecular weight excluding hydrogens is 342 g/mol. The number of amides is 3. The Bertz CT molecular complexity index is 827. The Balaban J connectivity index is 1.57. The van der Waals surface area contributed by atoms with Gasteiger partial charge >= 0.3 is 6.03 Å². The fraction of sp³-hybridized carbons (Fsp3) is 0.350. The van der Waals surface area contributed by atoms with E-state index >= 15 is 0 Å². The summed E-state index contributed by atoms with van der Waals surface area (Å²) >= 11 is 0. The highest BCUT2D eigenvalue weighted by Crippen LogP contribution is 2.18. The summed E-state index contributed by atoms with van der Waals surface area (Å²) in [5, 5.41) is 5.67. The highest BCUT2D eigenvalue weighted by atomic mass is 16.2. The zero-order valence-electron chi connectivity index (χ0n) is 16.0. The van der Waals surface area contributed by atoms with Crippen molar-refractivity contribution in [1.82, 2.24) is 9.88 Å². The van der Waals surface area contributed by atoms with Gasteiger partial charge in [0.05, 0.1) is 11.9 Å². The van der Waals surface area contributed by atoms with Crippen LogP contribution in [0.25, 0.3) is 0 Å². The van der Waals surface area contributed by atoms with Crippen LogP contribution in [0.3, 0.4) is 0 Å². The number of rotatable bonds is 3. The van der Waals surface area contributed by atoms with Gasteiger partial charge in [-0.2, -0.15) is 0 Å². The van der Waals surface area contributed by atoms with Crippen molar-refractivity contribution in [1.29, 1.82) is 0 Å². The molecule has 1 saturated heterocycles. The van der Waals surface area contributed by atoms with Crippen LogP contribution in [0.2, 0.25) is 0 Å². The first-order valence-corrected chi connectivity index (χ1v) is 9.04. The van der Waals surface area contributed by atoms with Gasteiger partial charge in [-0.15, -0.1) is 0 Å². The van der Waals surface area contributed by atoms with Gasteiger partial charge in [-0.1, -0.05) is 12.1 Å². The molecule has 0 spiro atoms. The number of pyridine rings is 1. The van der Waals surface area contributed by atoms with E-state index in [9.17, 15) is 9.59 Å². The van der Waals surface area contributed by atoms with Gasteiger partial charge in [0.25, 0.3) is 0 Å². The number of anilines is 3. The fourth-order valence-electron chi connectivity index (χ4n) is 3.05. The van der Waals surface area contributed by atoms with E-state index in [0.717, 1.165) is 35.7 Å². The molecule has 1 aliphatic rings. The summed E-state index contributed by atoms with van der Waals surface area (Å²) in [4.78, 5) is 32.1. The lowest BCUT2D eigenvalue weighted by molar-refractivity contribution is -0.129. The van der Waals surface area contributed by atoms with Crippen molar-refractivity contribution in [2.75, 3.05) is 41.7 Å². The Morgan fingerprint density at radius 2 is 1.74 bits per heavy atom. The Hall–Kier alpha value is -3.09. The second-order valence-electron chi connectivity index (χ2n) is 6.80. The van der Waals surface area contributed by atoms with Crippen LogP contribution in [0, 0.1) is 13.8 Å². The molecule has 27 heavy (non-hydrogen) atoms. The SMILES string of the molecule is CC(=O)N1CCN(c2ccc(NC(=O)Nc3cc(C)ccc3C)cn2)CC1. The molecule has 2 N–H and O–H groups in total. The van der Waals surface area contributed by atoms with Crippen LogP contribution < -0.4 is 15.5 Å². The zero-order chi connectivity index (χ0) is 19.4. The molecule has 2 aromatic rings. The molecule has 3 amide bonds. The molecule has 0 saturated carbocycles. The normalized spacial score (nSPS) is 14.0. The molecule has 0 unspecified atom stereocenters. The number of aryl methyl sites for hydroxylation is 2. The van der Waals surface area contributed by atoms with Crippen LogP contribution in [-0.4, -0.2) is 48.0 Å². The number of aromatic nitrogens is 1. The van der Waals surface area contributed by atoms with E-state index in [2.05, 4.69) is 20.5 Å². The molecule has 142 valence electrons. The predicted molar refractivity (Wildman–Crippen MR) is 107 cm³/mol. The number of benzene rings is 1. The van der Waals surface area contributed by atoms with Crippen molar-refractivity contribution in [3.63, 3.8) is 0 Å². The number of hydrogen-bond donors (Lipinski definition) is 2. The number of nitrogens with zero attached hydrogens (tertiary/aromatic N) is 3. The third kappa shape index (κ3) is 4.75. The number of carbonyl (C=O) groups is 2. The molecule has 1 aromatic heterocycles. The summed E-state index contributed by atoms with van der Waals surface area (Å²) in [7, 11) is 0. The average molecular weight is 367 g/mol.